The summed E-state index contributed by atoms with van der Waals surface area (Å²) in [7, 11) is 3.16. The van der Waals surface area contributed by atoms with E-state index in [0.29, 0.717) is 22.6 Å². The summed E-state index contributed by atoms with van der Waals surface area (Å²) in [5.41, 5.74) is 0.958. The van der Waals surface area contributed by atoms with Crippen molar-refractivity contribution in [3.63, 3.8) is 0 Å². The van der Waals surface area contributed by atoms with E-state index in [1.54, 1.807) is 51.5 Å². The first kappa shape index (κ1) is 33.5. The van der Waals surface area contributed by atoms with Crippen LogP contribution in [0.5, 0.6) is 11.5 Å². The van der Waals surface area contributed by atoms with Crippen LogP contribution in [0.3, 0.4) is 0 Å². The zero-order chi connectivity index (χ0) is 34.5. The number of carbonyl (C=O) groups is 1. The number of hydrogen-bond acceptors (Lipinski definition) is 8. The largest absolute Gasteiger partial charge is 0.497 e. The van der Waals surface area contributed by atoms with Crippen LogP contribution in [0.1, 0.15) is 38.8 Å². The number of aliphatic hydroxyl groups excluding tert-OH is 1. The zero-order valence-electron chi connectivity index (χ0n) is 27.2. The second-order valence-corrected chi connectivity index (χ2v) is 11.6. The number of methoxy groups -OCH3 is 2. The fourth-order valence-electron chi connectivity index (χ4n) is 5.99. The molecule has 0 saturated carbocycles. The topological polar surface area (TPSA) is 121 Å². The Morgan fingerprint density at radius 2 is 1.41 bits per heavy atom. The number of halogens is 1. The predicted octanol–water partition coefficient (Wildman–Crippen LogP) is 5.43. The van der Waals surface area contributed by atoms with Crippen molar-refractivity contribution in [2.24, 2.45) is 0 Å². The quantitative estimate of drug-likeness (QED) is 0.179. The third kappa shape index (κ3) is 6.68. The summed E-state index contributed by atoms with van der Waals surface area (Å²) in [5, 5.41) is 13.7. The van der Waals surface area contributed by atoms with Crippen LogP contribution < -0.4 is 20.5 Å². The van der Waals surface area contributed by atoms with Crippen LogP contribution in [0.4, 0.5) is 10.2 Å². The van der Waals surface area contributed by atoms with Gasteiger partial charge in [0.25, 0.3) is 5.91 Å². The molecular formula is C38H36FN3O7. The lowest BCUT2D eigenvalue weighted by molar-refractivity contribution is -0.0950. The van der Waals surface area contributed by atoms with E-state index in [9.17, 15) is 14.7 Å². The fraction of sp³-hybridized carbons (Fsp3) is 0.237. The molecule has 1 fully saturated rings. The average Bonchev–Trinajstić information content (AvgIpc) is 3.43. The molecule has 252 valence electrons. The van der Waals surface area contributed by atoms with Crippen molar-refractivity contribution in [3.05, 3.63) is 154 Å². The first-order valence-corrected chi connectivity index (χ1v) is 15.7. The van der Waals surface area contributed by atoms with Gasteiger partial charge in [0.1, 0.15) is 35.1 Å². The summed E-state index contributed by atoms with van der Waals surface area (Å²) in [6, 6.07) is 32.8. The molecule has 2 N–H and O–H groups in total. The maximum Gasteiger partial charge on any atom is 0.351 e. The van der Waals surface area contributed by atoms with E-state index in [0.717, 1.165) is 21.3 Å². The molecule has 0 bridgehead atoms. The molecule has 6 rings (SSSR count). The molecule has 1 aliphatic heterocycles. The number of carbonyl (C=O) groups excluding carboxylic acids is 1. The number of nitrogens with zero attached hydrogens (tertiary/aromatic N) is 2. The summed E-state index contributed by atoms with van der Waals surface area (Å²) in [6.07, 6.45) is -4.91. The van der Waals surface area contributed by atoms with Crippen LogP contribution in [0, 0.1) is 6.92 Å². The van der Waals surface area contributed by atoms with Gasteiger partial charge in [0.15, 0.2) is 12.4 Å². The first-order valence-electron chi connectivity index (χ1n) is 15.7. The Kier molecular flexibility index (Phi) is 9.86. The minimum atomic E-state index is -1.98. The van der Waals surface area contributed by atoms with Crippen molar-refractivity contribution in [2.45, 2.75) is 37.1 Å². The number of benzene rings is 4. The second kappa shape index (κ2) is 14.4. The molecule has 10 nitrogen and oxygen atoms in total. The number of amides is 1. The minimum Gasteiger partial charge on any atom is -0.497 e. The van der Waals surface area contributed by atoms with Gasteiger partial charge in [-0.1, -0.05) is 72.8 Å². The molecule has 4 aromatic carbocycles. The fourth-order valence-corrected chi connectivity index (χ4v) is 5.99. The van der Waals surface area contributed by atoms with E-state index < -0.39 is 41.8 Å². The van der Waals surface area contributed by atoms with Gasteiger partial charge >= 0.3 is 5.69 Å². The summed E-state index contributed by atoms with van der Waals surface area (Å²) >= 11 is 0. The van der Waals surface area contributed by atoms with Crippen molar-refractivity contribution in [1.29, 1.82) is 0 Å². The molecule has 4 atom stereocenters. The number of hydrogen-bond donors (Lipinski definition) is 2. The predicted molar refractivity (Wildman–Crippen MR) is 181 cm³/mol. The maximum absolute atomic E-state index is 15.8. The first-order chi connectivity index (χ1) is 23.7. The molecule has 1 saturated heterocycles. The lowest BCUT2D eigenvalue weighted by Gasteiger charge is -2.37. The normalized spacial score (nSPS) is 19.0. The molecule has 1 amide bonds. The number of nitrogens with one attached hydrogen (secondary N) is 1. The van der Waals surface area contributed by atoms with E-state index in [4.69, 9.17) is 18.9 Å². The van der Waals surface area contributed by atoms with Gasteiger partial charge in [0.2, 0.25) is 0 Å². The second-order valence-electron chi connectivity index (χ2n) is 11.6. The Labute approximate surface area is 282 Å². The summed E-state index contributed by atoms with van der Waals surface area (Å²) in [6.45, 7) is 1.37. The monoisotopic (exact) mass is 665 g/mol. The minimum absolute atomic E-state index is 0.0376. The van der Waals surface area contributed by atoms with Crippen LogP contribution in [0.15, 0.2) is 120 Å². The van der Waals surface area contributed by atoms with Crippen LogP contribution in [0.2, 0.25) is 0 Å². The van der Waals surface area contributed by atoms with Gasteiger partial charge in [-0.15, -0.1) is 0 Å². The van der Waals surface area contributed by atoms with Gasteiger partial charge in [-0.25, -0.2) is 9.18 Å². The van der Waals surface area contributed by atoms with Gasteiger partial charge in [0, 0.05) is 17.3 Å². The third-order valence-electron chi connectivity index (χ3n) is 8.61. The van der Waals surface area contributed by atoms with Gasteiger partial charge < -0.3 is 29.4 Å². The van der Waals surface area contributed by atoms with Crippen molar-refractivity contribution in [3.8, 4) is 11.5 Å². The summed E-state index contributed by atoms with van der Waals surface area (Å²) < 4.78 is 40.4. The highest BCUT2D eigenvalue weighted by atomic mass is 19.1. The Hall–Kier alpha value is -5.36. The van der Waals surface area contributed by atoms with Gasteiger partial charge in [-0.05, 0) is 60.0 Å². The molecule has 5 aromatic rings. The molecule has 0 radical (unpaired) electrons. The highest BCUT2D eigenvalue weighted by molar-refractivity contribution is 6.04. The Morgan fingerprint density at radius 1 is 0.878 bits per heavy atom. The van der Waals surface area contributed by atoms with Crippen molar-refractivity contribution in [2.75, 3.05) is 26.1 Å². The molecule has 1 aromatic heterocycles. The maximum atomic E-state index is 15.8. The number of anilines is 1. The molecule has 0 spiro atoms. The van der Waals surface area contributed by atoms with E-state index in [1.807, 2.05) is 78.9 Å². The highest BCUT2D eigenvalue weighted by Gasteiger charge is 2.48. The molecule has 0 aliphatic carbocycles. The van der Waals surface area contributed by atoms with E-state index in [1.165, 1.54) is 6.20 Å². The Bertz CT molecular complexity index is 1890. The number of aromatic nitrogens is 2. The smallest absolute Gasteiger partial charge is 0.351 e. The van der Waals surface area contributed by atoms with Gasteiger partial charge in [0.05, 0.1) is 20.8 Å². The standard InChI is InChI=1S/C38H36FN3O7/c1-24-22-42(37(45)41-34(24)40-35(44)25-10-6-4-7-11-25)36-32(39)33(43)31(49-36)23-48-38(26-12-8-5-9-13-26,27-14-18-29(46-2)19-15-27)28-16-20-30(47-3)21-17-28/h4-22,31-33,36,43H,23H2,1-3H3,(H,40,41,44,45)/t31-,32+,33?,36-/m1/s1. The number of aryl methyl sites for hydroxylation is 1. The lowest BCUT2D eigenvalue weighted by atomic mass is 9.80. The zero-order valence-corrected chi connectivity index (χ0v) is 27.2. The van der Waals surface area contributed by atoms with Crippen LogP contribution in [0.25, 0.3) is 0 Å². The number of alkyl halides is 1. The molecule has 2 heterocycles. The molecule has 1 aliphatic rings. The Morgan fingerprint density at radius 3 is 1.96 bits per heavy atom. The summed E-state index contributed by atoms with van der Waals surface area (Å²) in [5.74, 6) is 0.892. The van der Waals surface area contributed by atoms with Crippen molar-refractivity contribution >= 4 is 11.7 Å². The number of rotatable bonds is 11. The molecule has 11 heteroatoms. The summed E-state index contributed by atoms with van der Waals surface area (Å²) in [4.78, 5) is 29.8. The molecular weight excluding hydrogens is 629 g/mol. The van der Waals surface area contributed by atoms with Crippen molar-refractivity contribution in [1.82, 2.24) is 9.55 Å². The van der Waals surface area contributed by atoms with Gasteiger partial charge in [-0.2, -0.15) is 4.98 Å². The van der Waals surface area contributed by atoms with Crippen LogP contribution in [-0.2, 0) is 15.1 Å². The molecule has 1 unspecified atom stereocenters. The Balaban J connectivity index is 1.31. The van der Waals surface area contributed by atoms with Crippen molar-refractivity contribution < 1.29 is 33.2 Å². The highest BCUT2D eigenvalue weighted by Crippen LogP contribution is 2.43. The molecule has 49 heavy (non-hydrogen) atoms. The number of aliphatic hydroxyl groups is 1. The average molecular weight is 666 g/mol. The van der Waals surface area contributed by atoms with E-state index in [2.05, 4.69) is 10.3 Å². The van der Waals surface area contributed by atoms with Crippen LogP contribution >= 0.6 is 0 Å². The number of ether oxygens (including phenoxy) is 4. The van der Waals surface area contributed by atoms with Crippen LogP contribution in [-0.4, -0.2) is 59.8 Å². The van der Waals surface area contributed by atoms with E-state index in [-0.39, 0.29) is 12.4 Å². The van der Waals surface area contributed by atoms with E-state index >= 15 is 4.39 Å². The lowest BCUT2D eigenvalue weighted by Crippen LogP contribution is -2.39. The van der Waals surface area contributed by atoms with Gasteiger partial charge in [-0.3, -0.25) is 9.36 Å². The third-order valence-corrected chi connectivity index (χ3v) is 8.61. The SMILES string of the molecule is COc1ccc(C(OC[C@H]2O[C@@H](n3cc(C)c(NC(=O)c4ccccc4)nc3=O)[C@@H](F)C2O)(c2ccccc2)c2ccc(OC)cc2)cc1.